The lowest BCUT2D eigenvalue weighted by Gasteiger charge is -2.10. The number of aromatic nitrogens is 5. The fourth-order valence-corrected chi connectivity index (χ4v) is 2.79. The van der Waals surface area contributed by atoms with Crippen LogP contribution in [0.25, 0.3) is 16.6 Å². The Balaban J connectivity index is 2.04. The summed E-state index contributed by atoms with van der Waals surface area (Å²) >= 11 is 1.28. The summed E-state index contributed by atoms with van der Waals surface area (Å²) < 4.78 is 6.55. The molecule has 0 fully saturated rings. The van der Waals surface area contributed by atoms with Crippen LogP contribution in [-0.2, 0) is 9.53 Å². The van der Waals surface area contributed by atoms with E-state index in [9.17, 15) is 4.79 Å². The molecule has 3 rings (SSSR count). The van der Waals surface area contributed by atoms with Crippen molar-refractivity contribution in [2.24, 2.45) is 0 Å². The number of thioether (sulfide) groups is 1. The van der Waals surface area contributed by atoms with E-state index in [0.29, 0.717) is 17.4 Å². The van der Waals surface area contributed by atoms with Gasteiger partial charge in [-0.15, -0.1) is 5.10 Å². The zero-order valence-electron chi connectivity index (χ0n) is 11.6. The van der Waals surface area contributed by atoms with Crippen molar-refractivity contribution >= 4 is 34.3 Å². The molecule has 0 saturated carbocycles. The molecule has 1 atom stereocenters. The summed E-state index contributed by atoms with van der Waals surface area (Å²) in [4.78, 5) is 16.3. The van der Waals surface area contributed by atoms with E-state index in [4.69, 9.17) is 4.74 Å². The average Bonchev–Trinajstić information content (AvgIpc) is 2.97. The second-order valence-corrected chi connectivity index (χ2v) is 5.65. The van der Waals surface area contributed by atoms with Crippen LogP contribution in [0.15, 0.2) is 29.4 Å². The van der Waals surface area contributed by atoms with E-state index in [2.05, 4.69) is 20.5 Å². The molecule has 8 heteroatoms. The summed E-state index contributed by atoms with van der Waals surface area (Å²) in [6, 6.07) is 7.62. The minimum absolute atomic E-state index is 0.279. The molecule has 0 N–H and O–H groups in total. The molecule has 3 aromatic rings. The number of para-hydroxylation sites is 1. The number of rotatable bonds is 4. The smallest absolute Gasteiger partial charge is 0.319 e. The van der Waals surface area contributed by atoms with Crippen molar-refractivity contribution in [2.45, 2.75) is 24.3 Å². The third kappa shape index (κ3) is 2.54. The third-order valence-corrected chi connectivity index (χ3v) is 3.93. The second kappa shape index (κ2) is 5.65. The van der Waals surface area contributed by atoms with E-state index in [0.717, 1.165) is 10.9 Å². The molecular weight excluding hydrogens is 290 g/mol. The fourth-order valence-electron chi connectivity index (χ4n) is 1.94. The van der Waals surface area contributed by atoms with Gasteiger partial charge in [-0.3, -0.25) is 4.79 Å². The van der Waals surface area contributed by atoms with Crippen LogP contribution < -0.4 is 0 Å². The Morgan fingerprint density at radius 1 is 1.43 bits per heavy atom. The van der Waals surface area contributed by atoms with Crippen LogP contribution in [0.1, 0.15) is 13.8 Å². The maximum Gasteiger partial charge on any atom is 0.319 e. The molecule has 2 heterocycles. The van der Waals surface area contributed by atoms with Gasteiger partial charge in [0.15, 0.2) is 10.8 Å². The quantitative estimate of drug-likeness (QED) is 0.412. The summed E-state index contributed by atoms with van der Waals surface area (Å²) in [5.74, 6) is -0.279. The Labute approximate surface area is 124 Å². The zero-order valence-corrected chi connectivity index (χ0v) is 12.4. The first-order chi connectivity index (χ1) is 10.2. The lowest BCUT2D eigenvalue weighted by atomic mass is 10.2. The number of ether oxygens (including phenoxy) is 1. The maximum atomic E-state index is 11.8. The summed E-state index contributed by atoms with van der Waals surface area (Å²) in [5.41, 5.74) is 1.41. The molecule has 0 spiro atoms. The molecule has 0 aliphatic carbocycles. The molecule has 21 heavy (non-hydrogen) atoms. The zero-order chi connectivity index (χ0) is 14.8. The van der Waals surface area contributed by atoms with Gasteiger partial charge in [0, 0.05) is 5.39 Å². The van der Waals surface area contributed by atoms with Gasteiger partial charge in [0.05, 0.1) is 12.1 Å². The van der Waals surface area contributed by atoms with E-state index >= 15 is 0 Å². The fraction of sp³-hybridized carbons (Fsp3) is 0.308. The number of hydrogen-bond donors (Lipinski definition) is 0. The topological polar surface area (TPSA) is 82.3 Å². The van der Waals surface area contributed by atoms with Gasteiger partial charge >= 0.3 is 5.97 Å². The van der Waals surface area contributed by atoms with Crippen LogP contribution >= 0.6 is 11.8 Å². The third-order valence-electron chi connectivity index (χ3n) is 2.91. The molecule has 108 valence electrons. The first-order valence-electron chi connectivity index (χ1n) is 6.51. The van der Waals surface area contributed by atoms with Crippen molar-refractivity contribution in [2.75, 3.05) is 6.61 Å². The number of carbonyl (C=O) groups is 1. The van der Waals surface area contributed by atoms with Crippen LogP contribution in [0.2, 0.25) is 0 Å². The van der Waals surface area contributed by atoms with Gasteiger partial charge in [-0.05, 0) is 36.4 Å². The second-order valence-electron chi connectivity index (χ2n) is 4.34. The number of fused-ring (bicyclic) bond motifs is 3. The lowest BCUT2D eigenvalue weighted by Crippen LogP contribution is -2.17. The van der Waals surface area contributed by atoms with Gasteiger partial charge in [0.1, 0.15) is 5.25 Å². The number of tetrazole rings is 1. The van der Waals surface area contributed by atoms with Crippen molar-refractivity contribution in [3.63, 3.8) is 0 Å². The molecule has 0 unspecified atom stereocenters. The van der Waals surface area contributed by atoms with E-state index in [1.165, 1.54) is 11.8 Å². The normalized spacial score (nSPS) is 12.7. The Morgan fingerprint density at radius 2 is 2.24 bits per heavy atom. The van der Waals surface area contributed by atoms with Gasteiger partial charge in [-0.1, -0.05) is 23.9 Å². The maximum absolute atomic E-state index is 11.8. The van der Waals surface area contributed by atoms with Crippen LogP contribution in [0.4, 0.5) is 0 Å². The van der Waals surface area contributed by atoms with Gasteiger partial charge in [0.2, 0.25) is 0 Å². The Kier molecular flexibility index (Phi) is 3.70. The van der Waals surface area contributed by atoms with Crippen molar-refractivity contribution in [1.29, 1.82) is 0 Å². The van der Waals surface area contributed by atoms with Crippen LogP contribution in [0.5, 0.6) is 0 Å². The summed E-state index contributed by atoms with van der Waals surface area (Å²) in [6.07, 6.45) is 0. The Bertz CT molecular complexity index is 803. The number of esters is 1. The van der Waals surface area contributed by atoms with E-state index in [1.807, 2.05) is 24.3 Å². The van der Waals surface area contributed by atoms with Gasteiger partial charge in [0.25, 0.3) is 0 Å². The predicted octanol–water partition coefficient (Wildman–Crippen LogP) is 1.72. The van der Waals surface area contributed by atoms with E-state index in [-0.39, 0.29) is 11.2 Å². The minimum Gasteiger partial charge on any atom is -0.465 e. The average molecular weight is 303 g/mol. The highest BCUT2D eigenvalue weighted by atomic mass is 32.2. The van der Waals surface area contributed by atoms with Crippen molar-refractivity contribution in [3.8, 4) is 0 Å². The van der Waals surface area contributed by atoms with Gasteiger partial charge < -0.3 is 4.74 Å². The van der Waals surface area contributed by atoms with Crippen LogP contribution in [-0.4, -0.2) is 42.9 Å². The largest absolute Gasteiger partial charge is 0.465 e. The highest BCUT2D eigenvalue weighted by molar-refractivity contribution is 8.00. The molecule has 0 amide bonds. The van der Waals surface area contributed by atoms with Crippen molar-refractivity contribution in [1.82, 2.24) is 25.0 Å². The summed E-state index contributed by atoms with van der Waals surface area (Å²) in [5, 5.41) is 12.7. The van der Waals surface area contributed by atoms with Crippen molar-refractivity contribution < 1.29 is 9.53 Å². The van der Waals surface area contributed by atoms with Crippen molar-refractivity contribution in [3.05, 3.63) is 24.3 Å². The SMILES string of the molecule is CCOC(=O)[C@H](C)Sc1nc2ccccc2c2nnnn12. The van der Waals surface area contributed by atoms with E-state index < -0.39 is 0 Å². The number of benzene rings is 1. The van der Waals surface area contributed by atoms with Gasteiger partial charge in [-0.2, -0.15) is 4.52 Å². The first-order valence-corrected chi connectivity index (χ1v) is 7.38. The van der Waals surface area contributed by atoms with E-state index in [1.54, 1.807) is 18.4 Å². The predicted molar refractivity (Wildman–Crippen MR) is 78.0 cm³/mol. The molecule has 0 aliphatic heterocycles. The molecular formula is C13H13N5O2S. The van der Waals surface area contributed by atoms with Crippen LogP contribution in [0.3, 0.4) is 0 Å². The first kappa shape index (κ1) is 13.7. The number of carbonyl (C=O) groups excluding carboxylic acids is 1. The molecule has 7 nitrogen and oxygen atoms in total. The summed E-state index contributed by atoms with van der Waals surface area (Å²) in [6.45, 7) is 3.91. The minimum atomic E-state index is -0.383. The standard InChI is InChI=1S/C13H13N5O2S/c1-3-20-12(19)8(2)21-13-14-10-7-5-4-6-9(10)11-15-16-17-18(11)13/h4-8H,3H2,1-2H3/t8-/m0/s1. The molecule has 2 aromatic heterocycles. The van der Waals surface area contributed by atoms with Crippen LogP contribution in [0, 0.1) is 0 Å². The molecule has 0 aliphatic rings. The number of hydrogen-bond acceptors (Lipinski definition) is 7. The molecule has 0 radical (unpaired) electrons. The lowest BCUT2D eigenvalue weighted by molar-refractivity contribution is -0.142. The Morgan fingerprint density at radius 3 is 3.05 bits per heavy atom. The highest BCUT2D eigenvalue weighted by Gasteiger charge is 2.20. The Hall–Kier alpha value is -2.22. The highest BCUT2D eigenvalue weighted by Crippen LogP contribution is 2.26. The number of nitrogens with zero attached hydrogens (tertiary/aromatic N) is 5. The molecule has 0 saturated heterocycles. The molecule has 0 bridgehead atoms. The molecule has 1 aromatic carbocycles. The monoisotopic (exact) mass is 303 g/mol. The summed E-state index contributed by atoms with van der Waals surface area (Å²) in [7, 11) is 0. The van der Waals surface area contributed by atoms with Gasteiger partial charge in [-0.25, -0.2) is 4.98 Å².